The molecule has 2 aromatic heterocycles. The van der Waals surface area contributed by atoms with Gasteiger partial charge in [-0.3, -0.25) is 9.59 Å². The summed E-state index contributed by atoms with van der Waals surface area (Å²) in [5.41, 5.74) is 3.58. The van der Waals surface area contributed by atoms with Crippen molar-refractivity contribution in [1.82, 2.24) is 29.9 Å². The van der Waals surface area contributed by atoms with Crippen molar-refractivity contribution in [2.45, 2.75) is 51.5 Å². The minimum Gasteiger partial charge on any atom is -0.339 e. The SMILES string of the molecule is CC(C)(C)c1ccc(Cn2nnc3c(=O)[nH]c(C4CCN(C(=O)c5ccccc5)CC4)nc32)cc1. The van der Waals surface area contributed by atoms with E-state index in [0.29, 0.717) is 36.7 Å². The highest BCUT2D eigenvalue weighted by Gasteiger charge is 2.27. The van der Waals surface area contributed by atoms with Gasteiger partial charge in [0.25, 0.3) is 11.5 Å². The van der Waals surface area contributed by atoms with Gasteiger partial charge in [-0.05, 0) is 41.5 Å². The molecule has 1 fully saturated rings. The molecule has 4 aromatic rings. The number of likely N-dealkylation sites (tertiary alicyclic amines) is 1. The van der Waals surface area contributed by atoms with E-state index in [1.165, 1.54) is 5.56 Å². The molecule has 35 heavy (non-hydrogen) atoms. The molecular weight excluding hydrogens is 440 g/mol. The lowest BCUT2D eigenvalue weighted by atomic mass is 9.87. The minimum atomic E-state index is -0.276. The van der Waals surface area contributed by atoms with Gasteiger partial charge in [-0.15, -0.1) is 5.10 Å². The van der Waals surface area contributed by atoms with Gasteiger partial charge in [-0.1, -0.05) is 68.4 Å². The number of rotatable bonds is 4. The van der Waals surface area contributed by atoms with Gasteiger partial charge < -0.3 is 9.88 Å². The first-order valence-corrected chi connectivity index (χ1v) is 12.1. The summed E-state index contributed by atoms with van der Waals surface area (Å²) in [6.45, 7) is 8.29. The van der Waals surface area contributed by atoms with Crippen LogP contribution in [0, 0.1) is 0 Å². The van der Waals surface area contributed by atoms with E-state index in [4.69, 9.17) is 4.98 Å². The highest BCUT2D eigenvalue weighted by Crippen LogP contribution is 2.27. The maximum absolute atomic E-state index is 12.8. The van der Waals surface area contributed by atoms with Crippen LogP contribution in [0.15, 0.2) is 59.4 Å². The Morgan fingerprint density at radius 1 is 1.03 bits per heavy atom. The number of H-pyrrole nitrogens is 1. The molecule has 8 nitrogen and oxygen atoms in total. The predicted molar refractivity (Wildman–Crippen MR) is 135 cm³/mol. The van der Waals surface area contributed by atoms with Gasteiger partial charge in [-0.2, -0.15) is 0 Å². The fourth-order valence-electron chi connectivity index (χ4n) is 4.59. The molecule has 0 bridgehead atoms. The van der Waals surface area contributed by atoms with E-state index >= 15 is 0 Å². The number of nitrogens with one attached hydrogen (secondary N) is 1. The van der Waals surface area contributed by atoms with Crippen LogP contribution in [0.3, 0.4) is 0 Å². The first-order chi connectivity index (χ1) is 16.8. The molecule has 5 rings (SSSR count). The van der Waals surface area contributed by atoms with Gasteiger partial charge in [0.1, 0.15) is 5.82 Å². The van der Waals surface area contributed by atoms with Crippen LogP contribution in [-0.4, -0.2) is 48.9 Å². The standard InChI is InChI=1S/C27H30N6O2/c1-27(2,3)21-11-9-18(10-12-21)17-33-24-22(30-31-33)25(34)29-23(28-24)19-13-15-32(16-14-19)26(35)20-7-5-4-6-8-20/h4-12,19H,13-17H2,1-3H3,(H,28,29,34). The Labute approximate surface area is 204 Å². The zero-order chi connectivity index (χ0) is 24.6. The molecular formula is C27H30N6O2. The Balaban J connectivity index is 1.33. The second-order valence-corrected chi connectivity index (χ2v) is 10.2. The number of nitrogens with zero attached hydrogens (tertiary/aromatic N) is 5. The monoisotopic (exact) mass is 470 g/mol. The average molecular weight is 471 g/mol. The number of hydrogen-bond donors (Lipinski definition) is 1. The highest BCUT2D eigenvalue weighted by atomic mass is 16.2. The number of aromatic nitrogens is 5. The van der Waals surface area contributed by atoms with Crippen molar-refractivity contribution >= 4 is 17.1 Å². The lowest BCUT2D eigenvalue weighted by Crippen LogP contribution is -2.38. The first kappa shape index (κ1) is 23.0. The van der Waals surface area contributed by atoms with E-state index in [2.05, 4.69) is 60.3 Å². The molecule has 0 unspecified atom stereocenters. The molecule has 0 aliphatic carbocycles. The van der Waals surface area contributed by atoms with Crippen molar-refractivity contribution in [1.29, 1.82) is 0 Å². The lowest BCUT2D eigenvalue weighted by molar-refractivity contribution is 0.0711. The van der Waals surface area contributed by atoms with E-state index in [0.717, 1.165) is 18.4 Å². The third-order valence-corrected chi connectivity index (χ3v) is 6.73. The van der Waals surface area contributed by atoms with E-state index in [1.54, 1.807) is 4.68 Å². The van der Waals surface area contributed by atoms with Crippen LogP contribution in [0.1, 0.15) is 66.8 Å². The lowest BCUT2D eigenvalue weighted by Gasteiger charge is -2.31. The van der Waals surface area contributed by atoms with Crippen molar-refractivity contribution in [2.24, 2.45) is 0 Å². The van der Waals surface area contributed by atoms with Crippen molar-refractivity contribution in [3.8, 4) is 0 Å². The summed E-state index contributed by atoms with van der Waals surface area (Å²) < 4.78 is 1.69. The summed E-state index contributed by atoms with van der Waals surface area (Å²) in [6, 6.07) is 17.8. The topological polar surface area (TPSA) is 96.8 Å². The van der Waals surface area contributed by atoms with Crippen molar-refractivity contribution < 1.29 is 4.79 Å². The van der Waals surface area contributed by atoms with E-state index in [-0.39, 0.29) is 28.3 Å². The molecule has 180 valence electrons. The maximum Gasteiger partial charge on any atom is 0.281 e. The number of carbonyl (C=O) groups excluding carboxylic acids is 1. The average Bonchev–Trinajstić information content (AvgIpc) is 3.27. The minimum absolute atomic E-state index is 0.0423. The van der Waals surface area contributed by atoms with Gasteiger partial charge in [0.2, 0.25) is 0 Å². The first-order valence-electron chi connectivity index (χ1n) is 12.1. The van der Waals surface area contributed by atoms with E-state index < -0.39 is 0 Å². The highest BCUT2D eigenvalue weighted by molar-refractivity contribution is 5.94. The zero-order valence-corrected chi connectivity index (χ0v) is 20.4. The van der Waals surface area contributed by atoms with Crippen LogP contribution in [0.2, 0.25) is 0 Å². The number of carbonyl (C=O) groups is 1. The number of fused-ring (bicyclic) bond motifs is 1. The fraction of sp³-hybridized carbons (Fsp3) is 0.370. The Morgan fingerprint density at radius 3 is 2.37 bits per heavy atom. The largest absolute Gasteiger partial charge is 0.339 e. The zero-order valence-electron chi connectivity index (χ0n) is 20.4. The molecule has 1 amide bonds. The van der Waals surface area contributed by atoms with E-state index in [9.17, 15) is 9.59 Å². The third-order valence-electron chi connectivity index (χ3n) is 6.73. The predicted octanol–water partition coefficient (Wildman–Crippen LogP) is 3.88. The number of aromatic amines is 1. The van der Waals surface area contributed by atoms with Gasteiger partial charge in [0, 0.05) is 24.6 Å². The van der Waals surface area contributed by atoms with Crippen LogP contribution < -0.4 is 5.56 Å². The molecule has 1 N–H and O–H groups in total. The Kier molecular flexibility index (Phi) is 5.96. The summed E-state index contributed by atoms with van der Waals surface area (Å²) in [5.74, 6) is 0.753. The number of amides is 1. The van der Waals surface area contributed by atoms with Crippen LogP contribution in [0.4, 0.5) is 0 Å². The summed E-state index contributed by atoms with van der Waals surface area (Å²) >= 11 is 0. The molecule has 0 radical (unpaired) electrons. The van der Waals surface area contributed by atoms with Crippen LogP contribution >= 0.6 is 0 Å². The quantitative estimate of drug-likeness (QED) is 0.488. The smallest absolute Gasteiger partial charge is 0.281 e. The summed E-state index contributed by atoms with van der Waals surface area (Å²) in [5, 5.41) is 8.29. The third kappa shape index (κ3) is 4.73. The molecule has 0 saturated carbocycles. The molecule has 1 aliphatic heterocycles. The van der Waals surface area contributed by atoms with Crippen LogP contribution in [0.25, 0.3) is 11.2 Å². The van der Waals surface area contributed by atoms with Gasteiger partial charge in [0.05, 0.1) is 6.54 Å². The maximum atomic E-state index is 12.8. The molecule has 1 aliphatic rings. The normalized spacial score (nSPS) is 15.0. The summed E-state index contributed by atoms with van der Waals surface area (Å²) in [4.78, 5) is 35.1. The van der Waals surface area contributed by atoms with Crippen LogP contribution in [0.5, 0.6) is 0 Å². The molecule has 0 atom stereocenters. The molecule has 0 spiro atoms. The number of piperidine rings is 1. The number of hydrogen-bond acceptors (Lipinski definition) is 5. The van der Waals surface area contributed by atoms with Crippen LogP contribution in [-0.2, 0) is 12.0 Å². The second kappa shape index (κ2) is 9.09. The second-order valence-electron chi connectivity index (χ2n) is 10.2. The van der Waals surface area contributed by atoms with Crippen molar-refractivity contribution in [3.63, 3.8) is 0 Å². The van der Waals surface area contributed by atoms with Gasteiger partial charge in [-0.25, -0.2) is 9.67 Å². The Morgan fingerprint density at radius 2 is 1.71 bits per heavy atom. The molecule has 2 aromatic carbocycles. The Hall–Kier alpha value is -3.81. The van der Waals surface area contributed by atoms with Crippen molar-refractivity contribution in [3.05, 3.63) is 87.5 Å². The van der Waals surface area contributed by atoms with Gasteiger partial charge in [0.15, 0.2) is 11.2 Å². The van der Waals surface area contributed by atoms with Crippen molar-refractivity contribution in [2.75, 3.05) is 13.1 Å². The van der Waals surface area contributed by atoms with E-state index in [1.807, 2.05) is 35.2 Å². The molecule has 3 heterocycles. The summed E-state index contributed by atoms with van der Waals surface area (Å²) in [7, 11) is 0. The molecule has 8 heteroatoms. The number of benzene rings is 2. The fourth-order valence-corrected chi connectivity index (χ4v) is 4.59. The Bertz CT molecular complexity index is 1390. The molecule has 1 saturated heterocycles. The van der Waals surface area contributed by atoms with Gasteiger partial charge >= 0.3 is 0 Å². The summed E-state index contributed by atoms with van der Waals surface area (Å²) in [6.07, 6.45) is 1.48.